The van der Waals surface area contributed by atoms with Crippen molar-refractivity contribution >= 4 is 33.8 Å². The molecule has 0 amide bonds. The Morgan fingerprint density at radius 3 is 1.02 bits per heavy atom. The molecule has 0 fully saturated rings. The molecule has 10 heteroatoms. The van der Waals surface area contributed by atoms with E-state index < -0.39 is 40.0 Å². The summed E-state index contributed by atoms with van der Waals surface area (Å²) in [7, 11) is 0. The molecule has 1 aliphatic rings. The van der Waals surface area contributed by atoms with Gasteiger partial charge in [-0.25, -0.2) is 0 Å². The normalized spacial score (nSPS) is 16.5. The van der Waals surface area contributed by atoms with E-state index in [1.54, 1.807) is 48.5 Å². The van der Waals surface area contributed by atoms with Crippen LogP contribution in [-0.2, 0) is 10.8 Å². The van der Waals surface area contributed by atoms with Crippen molar-refractivity contribution < 1.29 is 36.6 Å². The summed E-state index contributed by atoms with van der Waals surface area (Å²) in [5.41, 5.74) is -0.660. The molecule has 0 bridgehead atoms. The van der Waals surface area contributed by atoms with E-state index in [1.165, 1.54) is 36.4 Å². The van der Waals surface area contributed by atoms with Crippen LogP contribution in [0.3, 0.4) is 0 Å². The highest BCUT2D eigenvalue weighted by molar-refractivity contribution is 7.19. The lowest BCUT2D eigenvalue weighted by atomic mass is 9.86. The van der Waals surface area contributed by atoms with Crippen LogP contribution in [-0.4, -0.2) is 28.0 Å². The molecule has 4 aromatic carbocycles. The number of phenols is 2. The molecule has 1 aliphatic carbocycles. The van der Waals surface area contributed by atoms with Gasteiger partial charge in [0.1, 0.15) is 11.5 Å². The van der Waals surface area contributed by atoms with Gasteiger partial charge in [0.25, 0.3) is 0 Å². The third kappa shape index (κ3) is 6.57. The first-order valence-corrected chi connectivity index (χ1v) is 19.2. The number of rotatable bonds is 6. The largest absolute Gasteiger partial charge is 0.508 e. The van der Waals surface area contributed by atoms with Crippen molar-refractivity contribution in [2.75, 3.05) is 0 Å². The van der Waals surface area contributed by atoms with Gasteiger partial charge in [-0.2, -0.15) is 26.3 Å². The third-order valence-electron chi connectivity index (χ3n) is 10.00. The molecule has 2 aromatic heterocycles. The summed E-state index contributed by atoms with van der Waals surface area (Å²) in [6, 6.07) is 28.3. The number of alkyl halides is 6. The van der Waals surface area contributed by atoms with Gasteiger partial charge in [0.2, 0.25) is 0 Å². The molecule has 0 atom stereocenters. The molecule has 7 rings (SSSR count). The summed E-state index contributed by atoms with van der Waals surface area (Å²) in [4.78, 5) is 0.960. The van der Waals surface area contributed by atoms with Gasteiger partial charge < -0.3 is 10.2 Å². The van der Waals surface area contributed by atoms with Crippen LogP contribution in [0.4, 0.5) is 26.3 Å². The van der Waals surface area contributed by atoms with Gasteiger partial charge in [-0.3, -0.25) is 0 Å². The topological polar surface area (TPSA) is 40.5 Å². The average Bonchev–Trinajstić information content (AvgIpc) is 3.78. The second-order valence-electron chi connectivity index (χ2n) is 15.9. The Morgan fingerprint density at radius 1 is 0.436 bits per heavy atom. The minimum absolute atomic E-state index is 0.0462. The fourth-order valence-corrected chi connectivity index (χ4v) is 9.15. The molecule has 0 saturated heterocycles. The van der Waals surface area contributed by atoms with Gasteiger partial charge in [-0.05, 0) is 105 Å². The van der Waals surface area contributed by atoms with Crippen LogP contribution >= 0.6 is 22.7 Å². The van der Waals surface area contributed by atoms with E-state index in [2.05, 4.69) is 0 Å². The van der Waals surface area contributed by atoms with Crippen LogP contribution in [0.2, 0.25) is 0 Å². The maximum atomic E-state index is 16.6. The van der Waals surface area contributed by atoms with Crippen LogP contribution in [0.25, 0.3) is 52.9 Å². The number of benzene rings is 4. The van der Waals surface area contributed by atoms with E-state index in [0.717, 1.165) is 33.8 Å². The Labute approximate surface area is 324 Å². The molecule has 0 saturated carbocycles. The third-order valence-corrected chi connectivity index (χ3v) is 12.5. The molecular weight excluding hydrogens is 751 g/mol. The molecule has 2 heterocycles. The van der Waals surface area contributed by atoms with Crippen molar-refractivity contribution in [1.82, 2.24) is 0 Å². The maximum Gasteiger partial charge on any atom is 0.380 e. The van der Waals surface area contributed by atoms with Gasteiger partial charge in [0.05, 0.1) is 0 Å². The molecule has 2 N–H and O–H groups in total. The van der Waals surface area contributed by atoms with Gasteiger partial charge in [-0.1, -0.05) is 90.1 Å². The van der Waals surface area contributed by atoms with Crippen molar-refractivity contribution in [3.8, 4) is 53.3 Å². The SMILES string of the molecule is CC(C)(C)c1ccc(-c2sc(-c3ccc(O)cc3)cc2C2=C(c3cc(-c4ccc(O)cc4)sc3-c3ccc(C(C)(C)C)cc3)C(F)(F)C(F)(F)C2(F)F)cc1. The monoisotopic (exact) mass is 788 g/mol. The molecule has 55 heavy (non-hydrogen) atoms. The van der Waals surface area contributed by atoms with Gasteiger partial charge in [-0.15, -0.1) is 22.7 Å². The van der Waals surface area contributed by atoms with Crippen LogP contribution in [0.1, 0.15) is 63.8 Å². The number of halogens is 6. The Hall–Kier alpha value is -4.80. The lowest BCUT2D eigenvalue weighted by Crippen LogP contribution is -2.48. The number of hydrogen-bond donors (Lipinski definition) is 2. The number of hydrogen-bond acceptors (Lipinski definition) is 4. The molecule has 0 spiro atoms. The zero-order valence-electron chi connectivity index (χ0n) is 30.9. The summed E-state index contributed by atoms with van der Waals surface area (Å²) < 4.78 is 98.5. The number of phenolic OH excluding ortho intramolecular Hbond substituents is 2. The molecular formula is C45H38F6O2S2. The first kappa shape index (κ1) is 38.5. The van der Waals surface area contributed by atoms with Gasteiger partial charge in [0.15, 0.2) is 0 Å². The van der Waals surface area contributed by atoms with Crippen molar-refractivity contribution in [2.24, 2.45) is 0 Å². The van der Waals surface area contributed by atoms with Crippen molar-refractivity contribution in [1.29, 1.82) is 0 Å². The van der Waals surface area contributed by atoms with Crippen LogP contribution in [0.5, 0.6) is 11.5 Å². The number of thiophene rings is 2. The first-order valence-electron chi connectivity index (χ1n) is 17.6. The van der Waals surface area contributed by atoms with Crippen molar-refractivity contribution in [2.45, 2.75) is 70.1 Å². The van der Waals surface area contributed by atoms with Crippen LogP contribution in [0.15, 0.2) is 109 Å². The van der Waals surface area contributed by atoms with Crippen LogP contribution in [0, 0.1) is 0 Å². The highest BCUT2D eigenvalue weighted by atomic mass is 32.1. The van der Waals surface area contributed by atoms with Gasteiger partial charge in [0, 0.05) is 41.8 Å². The zero-order chi connectivity index (χ0) is 39.9. The number of allylic oxidation sites excluding steroid dienone is 2. The van der Waals surface area contributed by atoms with Crippen LogP contribution < -0.4 is 0 Å². The minimum Gasteiger partial charge on any atom is -0.508 e. The summed E-state index contributed by atoms with van der Waals surface area (Å²) >= 11 is 2.04. The Kier molecular flexibility index (Phi) is 9.21. The fraction of sp³-hybridized carbons (Fsp3) is 0.244. The molecule has 284 valence electrons. The Bertz CT molecular complexity index is 2240. The first-order chi connectivity index (χ1) is 25.6. The summed E-state index contributed by atoms with van der Waals surface area (Å²) in [5, 5.41) is 19.9. The van der Waals surface area contributed by atoms with Crippen molar-refractivity contribution in [3.63, 3.8) is 0 Å². The van der Waals surface area contributed by atoms with E-state index >= 15 is 26.3 Å². The summed E-state index contributed by atoms with van der Waals surface area (Å²) in [6.45, 7) is 12.0. The second kappa shape index (κ2) is 13.2. The van der Waals surface area contributed by atoms with E-state index in [-0.39, 0.29) is 32.1 Å². The average molecular weight is 789 g/mol. The van der Waals surface area contributed by atoms with E-state index in [4.69, 9.17) is 0 Å². The standard InChI is InChI=1S/C45H38F6O2S2/c1-41(2,3)29-15-7-27(8-16-29)39-33(23-35(54-39)25-11-19-31(52)20-12-25)37-38(44(48,49)45(50,51)43(37,46)47)34-24-36(26-13-21-32(53)22-14-26)55-40(34)28-9-17-30(18-10-28)42(4,5)6/h7-24,52-53H,1-6H3. The maximum absolute atomic E-state index is 16.6. The molecule has 2 nitrogen and oxygen atoms in total. The summed E-state index contributed by atoms with van der Waals surface area (Å²) in [6.07, 6.45) is 0. The molecule has 0 unspecified atom stereocenters. The lowest BCUT2D eigenvalue weighted by molar-refractivity contribution is -0.254. The predicted molar refractivity (Wildman–Crippen MR) is 213 cm³/mol. The van der Waals surface area contributed by atoms with E-state index in [0.29, 0.717) is 32.0 Å². The quantitative estimate of drug-likeness (QED) is 0.165. The fourth-order valence-electron chi connectivity index (χ4n) is 6.79. The predicted octanol–water partition coefficient (Wildman–Crippen LogP) is 14.3. The van der Waals surface area contributed by atoms with Crippen molar-refractivity contribution in [3.05, 3.63) is 131 Å². The second-order valence-corrected chi connectivity index (χ2v) is 18.0. The Morgan fingerprint density at radius 2 is 0.727 bits per heavy atom. The zero-order valence-corrected chi connectivity index (χ0v) is 32.5. The molecule has 0 aliphatic heterocycles. The molecule has 6 aromatic rings. The highest BCUT2D eigenvalue weighted by Crippen LogP contribution is 2.67. The highest BCUT2D eigenvalue weighted by Gasteiger charge is 2.80. The molecule has 0 radical (unpaired) electrons. The summed E-state index contributed by atoms with van der Waals surface area (Å²) in [5.74, 6) is -16.5. The Balaban J connectivity index is 1.56. The minimum atomic E-state index is -5.79. The van der Waals surface area contributed by atoms with E-state index in [9.17, 15) is 10.2 Å². The van der Waals surface area contributed by atoms with Gasteiger partial charge >= 0.3 is 17.8 Å². The number of aromatic hydroxyl groups is 2. The lowest BCUT2D eigenvalue weighted by Gasteiger charge is -2.26. The smallest absolute Gasteiger partial charge is 0.380 e. The van der Waals surface area contributed by atoms with E-state index in [1.807, 2.05) is 65.8 Å².